The third-order valence-corrected chi connectivity index (χ3v) is 4.36. The Hall–Kier alpha value is -1.27. The van der Waals surface area contributed by atoms with E-state index in [4.69, 9.17) is 14.7 Å². The van der Waals surface area contributed by atoms with Crippen LogP contribution < -0.4 is 5.73 Å². The first-order chi connectivity index (χ1) is 8.86. The summed E-state index contributed by atoms with van der Waals surface area (Å²) < 4.78 is 10.7. The lowest BCUT2D eigenvalue weighted by molar-refractivity contribution is 0.403. The standard InChI is InChI=1S/C12H15N3O2S/c13-7-8-4-5-9(16-8)12-14-11(15-17-12)10-3-1-2-6-18-10/h4-5,10H,1-3,6-7,13H2. The smallest absolute Gasteiger partial charge is 0.293 e. The largest absolute Gasteiger partial charge is 0.455 e. The van der Waals surface area contributed by atoms with E-state index >= 15 is 0 Å². The van der Waals surface area contributed by atoms with Crippen molar-refractivity contribution in [3.05, 3.63) is 23.7 Å². The van der Waals surface area contributed by atoms with Gasteiger partial charge in [-0.25, -0.2) is 0 Å². The summed E-state index contributed by atoms with van der Waals surface area (Å²) in [6.07, 6.45) is 3.64. The fourth-order valence-electron chi connectivity index (χ4n) is 2.01. The summed E-state index contributed by atoms with van der Waals surface area (Å²) >= 11 is 1.90. The van der Waals surface area contributed by atoms with Crippen molar-refractivity contribution in [1.82, 2.24) is 10.1 Å². The summed E-state index contributed by atoms with van der Waals surface area (Å²) in [5.41, 5.74) is 5.50. The van der Waals surface area contributed by atoms with Crippen molar-refractivity contribution in [2.24, 2.45) is 5.73 Å². The third-order valence-electron chi connectivity index (χ3n) is 2.98. The lowest BCUT2D eigenvalue weighted by atomic mass is 10.2. The summed E-state index contributed by atoms with van der Waals surface area (Å²) in [5, 5.41) is 4.41. The number of thioether (sulfide) groups is 1. The van der Waals surface area contributed by atoms with Gasteiger partial charge in [0.25, 0.3) is 5.89 Å². The molecule has 18 heavy (non-hydrogen) atoms. The van der Waals surface area contributed by atoms with Gasteiger partial charge >= 0.3 is 0 Å². The van der Waals surface area contributed by atoms with Gasteiger partial charge in [-0.2, -0.15) is 16.7 Å². The predicted octanol–water partition coefficient (Wildman–Crippen LogP) is 2.75. The number of rotatable bonds is 3. The van der Waals surface area contributed by atoms with Gasteiger partial charge in [0.1, 0.15) is 5.76 Å². The Morgan fingerprint density at radius 1 is 1.39 bits per heavy atom. The molecule has 0 amide bonds. The molecule has 0 spiro atoms. The molecule has 2 aromatic rings. The van der Waals surface area contributed by atoms with Crippen LogP contribution in [0.5, 0.6) is 0 Å². The van der Waals surface area contributed by atoms with Crippen molar-refractivity contribution in [2.75, 3.05) is 5.75 Å². The highest BCUT2D eigenvalue weighted by molar-refractivity contribution is 7.99. The van der Waals surface area contributed by atoms with Gasteiger partial charge in [0.15, 0.2) is 11.6 Å². The molecule has 0 aliphatic carbocycles. The summed E-state index contributed by atoms with van der Waals surface area (Å²) in [4.78, 5) is 4.42. The lowest BCUT2D eigenvalue weighted by Gasteiger charge is -2.17. The SMILES string of the molecule is NCc1ccc(-c2nc(C3CCCCS3)no2)o1. The minimum atomic E-state index is 0.361. The van der Waals surface area contributed by atoms with E-state index in [2.05, 4.69) is 10.1 Å². The average molecular weight is 265 g/mol. The van der Waals surface area contributed by atoms with Crippen molar-refractivity contribution in [1.29, 1.82) is 0 Å². The molecular formula is C12H15N3O2S. The van der Waals surface area contributed by atoms with Crippen LogP contribution in [0, 0.1) is 0 Å². The summed E-state index contributed by atoms with van der Waals surface area (Å²) in [5.74, 6) is 3.70. The molecule has 0 radical (unpaired) electrons. The fraction of sp³-hybridized carbons (Fsp3) is 0.500. The van der Waals surface area contributed by atoms with Crippen LogP contribution in [0.3, 0.4) is 0 Å². The Labute approximate surface area is 109 Å². The van der Waals surface area contributed by atoms with E-state index in [0.717, 1.165) is 18.0 Å². The molecule has 5 nitrogen and oxygen atoms in total. The Morgan fingerprint density at radius 2 is 2.33 bits per heavy atom. The molecule has 6 heteroatoms. The number of nitrogens with zero attached hydrogens (tertiary/aromatic N) is 2. The number of nitrogens with two attached hydrogens (primary N) is 1. The quantitative estimate of drug-likeness (QED) is 0.919. The predicted molar refractivity (Wildman–Crippen MR) is 68.9 cm³/mol. The van der Waals surface area contributed by atoms with Gasteiger partial charge in [-0.1, -0.05) is 11.6 Å². The Kier molecular flexibility index (Phi) is 3.38. The summed E-state index contributed by atoms with van der Waals surface area (Å²) in [6, 6.07) is 3.64. The van der Waals surface area contributed by atoms with Crippen LogP contribution in [0.4, 0.5) is 0 Å². The number of hydrogen-bond donors (Lipinski definition) is 1. The molecule has 1 aliphatic rings. The highest BCUT2D eigenvalue weighted by Gasteiger charge is 2.22. The maximum atomic E-state index is 5.50. The van der Waals surface area contributed by atoms with Crippen LogP contribution in [0.25, 0.3) is 11.7 Å². The first-order valence-corrected chi connectivity index (χ1v) is 7.16. The van der Waals surface area contributed by atoms with Crippen molar-refractivity contribution in [3.8, 4) is 11.7 Å². The number of furan rings is 1. The normalized spacial score (nSPS) is 20.2. The van der Waals surface area contributed by atoms with Gasteiger partial charge in [0.2, 0.25) is 0 Å². The van der Waals surface area contributed by atoms with E-state index in [1.165, 1.54) is 18.6 Å². The monoisotopic (exact) mass is 265 g/mol. The van der Waals surface area contributed by atoms with E-state index in [1.807, 2.05) is 23.9 Å². The van der Waals surface area contributed by atoms with Crippen LogP contribution in [0.1, 0.15) is 36.1 Å². The Balaban J connectivity index is 1.79. The number of hydrogen-bond acceptors (Lipinski definition) is 6. The van der Waals surface area contributed by atoms with Gasteiger partial charge in [-0.15, -0.1) is 0 Å². The third kappa shape index (κ3) is 2.30. The van der Waals surface area contributed by atoms with Gasteiger partial charge < -0.3 is 14.7 Å². The zero-order valence-electron chi connectivity index (χ0n) is 9.96. The average Bonchev–Trinajstić information content (AvgIpc) is 3.08. The first kappa shape index (κ1) is 11.8. The molecule has 2 aromatic heterocycles. The van der Waals surface area contributed by atoms with E-state index in [0.29, 0.717) is 23.4 Å². The lowest BCUT2D eigenvalue weighted by Crippen LogP contribution is -2.03. The van der Waals surface area contributed by atoms with Gasteiger partial charge in [-0.05, 0) is 30.7 Å². The van der Waals surface area contributed by atoms with E-state index in [1.54, 1.807) is 0 Å². The van der Waals surface area contributed by atoms with Gasteiger partial charge in [-0.3, -0.25) is 0 Å². The molecule has 3 heterocycles. The van der Waals surface area contributed by atoms with Gasteiger partial charge in [0, 0.05) is 0 Å². The fourth-order valence-corrected chi connectivity index (χ4v) is 3.25. The van der Waals surface area contributed by atoms with Crippen molar-refractivity contribution < 1.29 is 8.94 Å². The van der Waals surface area contributed by atoms with Crippen LogP contribution in [0.2, 0.25) is 0 Å². The van der Waals surface area contributed by atoms with Crippen molar-refractivity contribution >= 4 is 11.8 Å². The molecule has 1 unspecified atom stereocenters. The van der Waals surface area contributed by atoms with Crippen molar-refractivity contribution in [3.63, 3.8) is 0 Å². The molecule has 3 rings (SSSR count). The maximum Gasteiger partial charge on any atom is 0.293 e. The van der Waals surface area contributed by atoms with Crippen LogP contribution in [-0.2, 0) is 6.54 Å². The first-order valence-electron chi connectivity index (χ1n) is 6.11. The van der Waals surface area contributed by atoms with Gasteiger partial charge in [0.05, 0.1) is 11.8 Å². The van der Waals surface area contributed by atoms with Crippen LogP contribution in [0.15, 0.2) is 21.1 Å². The molecule has 1 aliphatic heterocycles. The Morgan fingerprint density at radius 3 is 3.06 bits per heavy atom. The minimum Gasteiger partial charge on any atom is -0.455 e. The highest BCUT2D eigenvalue weighted by atomic mass is 32.2. The molecule has 96 valence electrons. The highest BCUT2D eigenvalue weighted by Crippen LogP contribution is 2.37. The second-order valence-corrected chi connectivity index (χ2v) is 5.59. The molecule has 1 atom stereocenters. The van der Waals surface area contributed by atoms with E-state index in [-0.39, 0.29) is 0 Å². The summed E-state index contributed by atoms with van der Waals surface area (Å²) in [6.45, 7) is 0.374. The molecule has 0 bridgehead atoms. The minimum absolute atomic E-state index is 0.361. The zero-order valence-corrected chi connectivity index (χ0v) is 10.8. The van der Waals surface area contributed by atoms with E-state index in [9.17, 15) is 0 Å². The molecule has 1 saturated heterocycles. The second kappa shape index (κ2) is 5.16. The van der Waals surface area contributed by atoms with Crippen LogP contribution >= 0.6 is 11.8 Å². The van der Waals surface area contributed by atoms with E-state index < -0.39 is 0 Å². The molecular weight excluding hydrogens is 250 g/mol. The molecule has 1 fully saturated rings. The molecule has 0 aromatic carbocycles. The molecule has 0 saturated carbocycles. The van der Waals surface area contributed by atoms with Crippen molar-refractivity contribution in [2.45, 2.75) is 31.1 Å². The Bertz CT molecular complexity index is 517. The number of aromatic nitrogens is 2. The second-order valence-electron chi connectivity index (χ2n) is 4.28. The van der Waals surface area contributed by atoms with Crippen LogP contribution in [-0.4, -0.2) is 15.9 Å². The zero-order chi connectivity index (χ0) is 12.4. The molecule has 2 N–H and O–H groups in total. The maximum absolute atomic E-state index is 5.50. The summed E-state index contributed by atoms with van der Waals surface area (Å²) in [7, 11) is 0. The topological polar surface area (TPSA) is 78.1 Å².